The zero-order valence-corrected chi connectivity index (χ0v) is 14.0. The molecular weight excluding hydrogens is 329 g/mol. The van der Waals surface area contributed by atoms with Crippen LogP contribution < -0.4 is 5.32 Å². The molecule has 6 heteroatoms. The minimum absolute atomic E-state index is 0.341. The van der Waals surface area contributed by atoms with Gasteiger partial charge in [0.2, 0.25) is 0 Å². The van der Waals surface area contributed by atoms with Gasteiger partial charge < -0.3 is 10.1 Å². The van der Waals surface area contributed by atoms with Crippen LogP contribution in [0.5, 0.6) is 0 Å². The molecule has 0 saturated carbocycles. The molecule has 1 aromatic carbocycles. The Balaban J connectivity index is 2.03. The third kappa shape index (κ3) is 5.31. The second kappa shape index (κ2) is 8.98. The third-order valence-electron chi connectivity index (χ3n) is 3.17. The van der Waals surface area contributed by atoms with Crippen LogP contribution in [0.3, 0.4) is 0 Å². The average Bonchev–Trinajstić information content (AvgIpc) is 3.11. The molecule has 1 atom stereocenters. The fourth-order valence-electron chi connectivity index (χ4n) is 2.03. The lowest BCUT2D eigenvalue weighted by Crippen LogP contribution is -2.32. The first-order valence-corrected chi connectivity index (χ1v) is 8.39. The largest absolute Gasteiger partial charge is 0.452 e. The summed E-state index contributed by atoms with van der Waals surface area (Å²) in [5.41, 5.74) is 0.754. The molecule has 1 N–H and O–H groups in total. The number of amides is 1. The number of benzene rings is 1. The summed E-state index contributed by atoms with van der Waals surface area (Å²) in [5, 5.41) is 4.71. The maximum atomic E-state index is 13.1. The number of allylic oxidation sites excluding steroid dienone is 1. The first-order chi connectivity index (χ1) is 11.6. The Morgan fingerprint density at radius 3 is 2.67 bits per heavy atom. The highest BCUT2D eigenvalue weighted by atomic mass is 32.1. The summed E-state index contributed by atoms with van der Waals surface area (Å²) in [6, 6.07) is 9.28. The van der Waals surface area contributed by atoms with Crippen LogP contribution >= 0.6 is 11.3 Å². The predicted octanol–water partition coefficient (Wildman–Crippen LogP) is 3.60. The smallest absolute Gasteiger partial charge is 0.330 e. The Kier molecular flexibility index (Phi) is 6.69. The Hall–Kier alpha value is -2.47. The van der Waals surface area contributed by atoms with Crippen LogP contribution in [0.4, 0.5) is 4.39 Å². The summed E-state index contributed by atoms with van der Waals surface area (Å²) in [6.07, 6.45) is 3.67. The highest BCUT2D eigenvalue weighted by Crippen LogP contribution is 2.26. The number of carbonyl (C=O) groups excluding carboxylic acids is 2. The summed E-state index contributed by atoms with van der Waals surface area (Å²) in [6.45, 7) is 1.53. The summed E-state index contributed by atoms with van der Waals surface area (Å²) in [7, 11) is 0. The normalized spacial score (nSPS) is 12.1. The minimum atomic E-state index is -0.554. The molecule has 0 aliphatic rings. The average molecular weight is 347 g/mol. The highest BCUT2D eigenvalue weighted by molar-refractivity contribution is 7.10. The van der Waals surface area contributed by atoms with E-state index in [0.717, 1.165) is 10.4 Å². The van der Waals surface area contributed by atoms with Crippen LogP contribution in [0.15, 0.2) is 53.9 Å². The van der Waals surface area contributed by atoms with Gasteiger partial charge in [-0.15, -0.1) is 11.3 Å². The summed E-state index contributed by atoms with van der Waals surface area (Å²) in [5.74, 6) is -1.32. The van der Waals surface area contributed by atoms with Crippen LogP contribution in [0.2, 0.25) is 0 Å². The summed E-state index contributed by atoms with van der Waals surface area (Å²) in [4.78, 5) is 24.4. The lowest BCUT2D eigenvalue weighted by atomic mass is 10.1. The van der Waals surface area contributed by atoms with E-state index in [1.54, 1.807) is 18.2 Å². The van der Waals surface area contributed by atoms with E-state index in [9.17, 15) is 14.0 Å². The van der Waals surface area contributed by atoms with Crippen molar-refractivity contribution in [3.8, 4) is 0 Å². The van der Waals surface area contributed by atoms with Gasteiger partial charge in [0.25, 0.3) is 5.91 Å². The summed E-state index contributed by atoms with van der Waals surface area (Å²) >= 11 is 1.48. The maximum Gasteiger partial charge on any atom is 0.330 e. The second-order valence-corrected chi connectivity index (χ2v) is 5.97. The number of esters is 1. The van der Waals surface area contributed by atoms with Crippen LogP contribution in [0.1, 0.15) is 29.8 Å². The number of hydrogen-bond donors (Lipinski definition) is 1. The van der Waals surface area contributed by atoms with Gasteiger partial charge in [0.15, 0.2) is 6.61 Å². The molecule has 0 fully saturated rings. The van der Waals surface area contributed by atoms with Gasteiger partial charge in [-0.25, -0.2) is 9.18 Å². The van der Waals surface area contributed by atoms with Gasteiger partial charge in [-0.1, -0.05) is 31.2 Å². The number of rotatable bonds is 7. The summed E-state index contributed by atoms with van der Waals surface area (Å²) < 4.78 is 18.0. The van der Waals surface area contributed by atoms with Crippen molar-refractivity contribution in [3.63, 3.8) is 0 Å². The van der Waals surface area contributed by atoms with E-state index in [1.807, 2.05) is 24.4 Å². The molecule has 0 spiro atoms. The van der Waals surface area contributed by atoms with Crippen molar-refractivity contribution in [1.82, 2.24) is 5.32 Å². The predicted molar refractivity (Wildman–Crippen MR) is 91.1 cm³/mol. The molecule has 24 heavy (non-hydrogen) atoms. The fourth-order valence-corrected chi connectivity index (χ4v) is 2.83. The number of nitrogens with one attached hydrogen (secondary N) is 1. The van der Waals surface area contributed by atoms with E-state index >= 15 is 0 Å². The second-order valence-electron chi connectivity index (χ2n) is 4.99. The van der Waals surface area contributed by atoms with Gasteiger partial charge in [-0.2, -0.15) is 0 Å². The van der Waals surface area contributed by atoms with Crippen LogP contribution in [-0.4, -0.2) is 18.5 Å². The molecule has 126 valence electrons. The Bertz CT molecular complexity index is 696. The fraction of sp³-hybridized carbons (Fsp3) is 0.222. The lowest BCUT2D eigenvalue weighted by molar-refractivity contribution is -0.144. The van der Waals surface area contributed by atoms with Crippen molar-refractivity contribution in [3.05, 3.63) is 70.2 Å². The Labute approximate surface area is 144 Å². The van der Waals surface area contributed by atoms with Crippen LogP contribution in [0, 0.1) is 5.82 Å². The molecule has 1 aromatic heterocycles. The first-order valence-electron chi connectivity index (χ1n) is 7.51. The quantitative estimate of drug-likeness (QED) is 0.615. The number of halogens is 1. The molecule has 0 aliphatic carbocycles. The standard InChI is InChI=1S/C18H18FNO3S/c1-2-3-6-17(22)23-12-16(21)20-18(15-5-4-11-24-15)13-7-9-14(19)10-8-13/h3-11,18H,2,12H2,1H3,(H,20,21)/b6-3+/t18-/m0/s1. The van der Waals surface area contributed by atoms with Crippen molar-refractivity contribution in [2.45, 2.75) is 19.4 Å². The number of carbonyl (C=O) groups is 2. The molecule has 0 radical (unpaired) electrons. The number of hydrogen-bond acceptors (Lipinski definition) is 4. The molecule has 1 amide bonds. The SMILES string of the molecule is CC/C=C/C(=O)OCC(=O)N[C@@H](c1ccc(F)cc1)c1cccs1. The van der Waals surface area contributed by atoms with Gasteiger partial charge in [0.1, 0.15) is 5.82 Å². The molecule has 1 heterocycles. The Morgan fingerprint density at radius 2 is 2.04 bits per heavy atom. The number of ether oxygens (including phenoxy) is 1. The zero-order chi connectivity index (χ0) is 17.4. The van der Waals surface area contributed by atoms with Crippen molar-refractivity contribution in [2.24, 2.45) is 0 Å². The van der Waals surface area contributed by atoms with Crippen molar-refractivity contribution in [1.29, 1.82) is 0 Å². The molecule has 0 saturated heterocycles. The zero-order valence-electron chi connectivity index (χ0n) is 13.2. The van der Waals surface area contributed by atoms with E-state index in [2.05, 4.69) is 5.32 Å². The topological polar surface area (TPSA) is 55.4 Å². The molecule has 2 aromatic rings. The Morgan fingerprint density at radius 1 is 1.29 bits per heavy atom. The van der Waals surface area contributed by atoms with Crippen molar-refractivity contribution < 1.29 is 18.7 Å². The van der Waals surface area contributed by atoms with Gasteiger partial charge in [0, 0.05) is 11.0 Å². The maximum absolute atomic E-state index is 13.1. The molecule has 2 rings (SSSR count). The third-order valence-corrected chi connectivity index (χ3v) is 4.11. The molecule has 0 aliphatic heterocycles. The highest BCUT2D eigenvalue weighted by Gasteiger charge is 2.18. The first kappa shape index (κ1) is 17.9. The van der Waals surface area contributed by atoms with Gasteiger partial charge in [-0.3, -0.25) is 4.79 Å². The lowest BCUT2D eigenvalue weighted by Gasteiger charge is -2.18. The van der Waals surface area contributed by atoms with Crippen LogP contribution in [-0.2, 0) is 14.3 Å². The van der Waals surface area contributed by atoms with E-state index in [0.29, 0.717) is 6.42 Å². The van der Waals surface area contributed by atoms with Crippen molar-refractivity contribution in [2.75, 3.05) is 6.61 Å². The monoisotopic (exact) mass is 347 g/mol. The molecule has 4 nitrogen and oxygen atoms in total. The van der Waals surface area contributed by atoms with E-state index < -0.39 is 17.9 Å². The molecule has 0 unspecified atom stereocenters. The molecule has 0 bridgehead atoms. The van der Waals surface area contributed by atoms with Gasteiger partial charge >= 0.3 is 5.97 Å². The van der Waals surface area contributed by atoms with E-state index in [4.69, 9.17) is 4.74 Å². The molecular formula is C18H18FNO3S. The van der Waals surface area contributed by atoms with Crippen LogP contribution in [0.25, 0.3) is 0 Å². The number of thiophene rings is 1. The van der Waals surface area contributed by atoms with Crippen molar-refractivity contribution >= 4 is 23.2 Å². The van der Waals surface area contributed by atoms with Gasteiger partial charge in [-0.05, 0) is 35.6 Å². The van der Waals surface area contributed by atoms with E-state index in [1.165, 1.54) is 29.5 Å². The van der Waals surface area contributed by atoms with Gasteiger partial charge in [0.05, 0.1) is 6.04 Å². The minimum Gasteiger partial charge on any atom is -0.452 e. The van der Waals surface area contributed by atoms with E-state index in [-0.39, 0.29) is 12.4 Å².